The van der Waals surface area contributed by atoms with Gasteiger partial charge in [-0.3, -0.25) is 4.90 Å². The van der Waals surface area contributed by atoms with Crippen molar-refractivity contribution in [1.29, 1.82) is 0 Å². The molecule has 1 unspecified atom stereocenters. The Bertz CT molecular complexity index is 826. The summed E-state index contributed by atoms with van der Waals surface area (Å²) in [5, 5.41) is 10.3. The third kappa shape index (κ3) is 8.63. The third-order valence-corrected chi connectivity index (χ3v) is 6.09. The number of aliphatic hydroxyl groups excluding tert-OH is 1. The van der Waals surface area contributed by atoms with Gasteiger partial charge in [0.25, 0.3) is 0 Å². The molecule has 4 rings (SSSR count). The van der Waals surface area contributed by atoms with Gasteiger partial charge in [-0.1, -0.05) is 24.3 Å². The summed E-state index contributed by atoms with van der Waals surface area (Å²) < 4.78 is 11.8. The molecule has 3 N–H and O–H groups in total. The zero-order chi connectivity index (χ0) is 21.6. The van der Waals surface area contributed by atoms with Gasteiger partial charge in [0.2, 0.25) is 0 Å². The Labute approximate surface area is 209 Å². The Hall–Kier alpha value is -1.54. The Balaban J connectivity index is 0.00000193. The Kier molecular flexibility index (Phi) is 11.2. The lowest BCUT2D eigenvalue weighted by atomic mass is 10.1. The number of hydrogen-bond donors (Lipinski definition) is 2. The van der Waals surface area contributed by atoms with Crippen molar-refractivity contribution in [2.24, 2.45) is 5.73 Å². The van der Waals surface area contributed by atoms with Crippen LogP contribution >= 0.6 is 24.8 Å². The molecular weight excluding hydrogens is 461 g/mol. The van der Waals surface area contributed by atoms with Gasteiger partial charge in [-0.15, -0.1) is 24.8 Å². The van der Waals surface area contributed by atoms with Crippen molar-refractivity contribution in [1.82, 2.24) is 9.80 Å². The molecule has 184 valence electrons. The molecule has 2 aliphatic heterocycles. The van der Waals surface area contributed by atoms with Crippen molar-refractivity contribution in [2.75, 3.05) is 39.3 Å². The zero-order valence-corrected chi connectivity index (χ0v) is 20.9. The van der Waals surface area contributed by atoms with E-state index in [1.54, 1.807) is 0 Å². The first-order chi connectivity index (χ1) is 15.0. The number of piperidine rings is 1. The average molecular weight is 498 g/mol. The SMILES string of the molecule is Cc1cccc(OC2CN(Cc3ccc(OCC(O)CN4CCC(N)CC4)cc3)C2)c1.Cl.Cl. The van der Waals surface area contributed by atoms with Crippen molar-refractivity contribution in [3.05, 3.63) is 59.7 Å². The molecule has 2 aliphatic rings. The van der Waals surface area contributed by atoms with E-state index in [4.69, 9.17) is 15.2 Å². The first-order valence-electron chi connectivity index (χ1n) is 11.4. The molecule has 2 saturated heterocycles. The van der Waals surface area contributed by atoms with E-state index in [0.29, 0.717) is 19.2 Å². The topological polar surface area (TPSA) is 71.2 Å². The standard InChI is InChI=1S/C25H35N3O3.2ClH/c1-19-3-2-4-24(13-19)31-25-16-28(17-25)14-20-5-7-23(8-6-20)30-18-22(29)15-27-11-9-21(26)10-12-27;;/h2-8,13,21-22,25,29H,9-12,14-18,26H2,1H3;2*1H. The molecule has 0 amide bonds. The van der Waals surface area contributed by atoms with Crippen LogP contribution in [0.3, 0.4) is 0 Å². The molecule has 0 bridgehead atoms. The molecule has 2 fully saturated rings. The van der Waals surface area contributed by atoms with E-state index in [2.05, 4.69) is 41.0 Å². The molecule has 0 aliphatic carbocycles. The zero-order valence-electron chi connectivity index (χ0n) is 19.3. The summed E-state index contributed by atoms with van der Waals surface area (Å²) in [6.07, 6.45) is 1.79. The normalized spacial score (nSPS) is 18.5. The lowest BCUT2D eigenvalue weighted by molar-refractivity contribution is 0.0145. The average Bonchev–Trinajstić information content (AvgIpc) is 2.73. The number of likely N-dealkylation sites (tertiary alicyclic amines) is 2. The van der Waals surface area contributed by atoms with Gasteiger partial charge >= 0.3 is 0 Å². The molecule has 2 aromatic rings. The summed E-state index contributed by atoms with van der Waals surface area (Å²) in [6, 6.07) is 16.7. The fourth-order valence-electron chi connectivity index (χ4n) is 4.24. The Morgan fingerprint density at radius 3 is 2.36 bits per heavy atom. The number of benzene rings is 2. The van der Waals surface area contributed by atoms with Gasteiger partial charge < -0.3 is 25.2 Å². The first-order valence-corrected chi connectivity index (χ1v) is 11.4. The van der Waals surface area contributed by atoms with Crippen LogP contribution in [0.25, 0.3) is 0 Å². The van der Waals surface area contributed by atoms with E-state index in [0.717, 1.165) is 57.1 Å². The molecule has 2 aromatic carbocycles. The first kappa shape index (κ1) is 27.7. The van der Waals surface area contributed by atoms with Crippen LogP contribution < -0.4 is 15.2 Å². The molecule has 6 nitrogen and oxygen atoms in total. The lowest BCUT2D eigenvalue weighted by Crippen LogP contribution is -2.53. The van der Waals surface area contributed by atoms with E-state index in [9.17, 15) is 5.11 Å². The van der Waals surface area contributed by atoms with Crippen molar-refractivity contribution in [2.45, 2.75) is 44.6 Å². The maximum Gasteiger partial charge on any atom is 0.124 e. The minimum Gasteiger partial charge on any atom is -0.491 e. The van der Waals surface area contributed by atoms with Crippen LogP contribution in [0.5, 0.6) is 11.5 Å². The van der Waals surface area contributed by atoms with E-state index in [1.807, 2.05) is 24.3 Å². The number of rotatable bonds is 9. The van der Waals surface area contributed by atoms with E-state index >= 15 is 0 Å². The predicted octanol–water partition coefficient (Wildman–Crippen LogP) is 3.26. The summed E-state index contributed by atoms with van der Waals surface area (Å²) in [7, 11) is 0. The largest absolute Gasteiger partial charge is 0.491 e. The van der Waals surface area contributed by atoms with Gasteiger partial charge in [-0.05, 0) is 68.2 Å². The highest BCUT2D eigenvalue weighted by molar-refractivity contribution is 5.85. The van der Waals surface area contributed by atoms with Gasteiger partial charge in [0.15, 0.2) is 0 Å². The lowest BCUT2D eigenvalue weighted by Gasteiger charge is -2.39. The highest BCUT2D eigenvalue weighted by atomic mass is 35.5. The second-order valence-corrected chi connectivity index (χ2v) is 9.00. The number of halogens is 2. The van der Waals surface area contributed by atoms with Crippen LogP contribution in [0, 0.1) is 6.92 Å². The summed E-state index contributed by atoms with van der Waals surface area (Å²) >= 11 is 0. The number of β-amino-alcohol motifs (C(OH)–C–C–N with tert-alkyl or cyclic N) is 1. The predicted molar refractivity (Wildman–Crippen MR) is 137 cm³/mol. The van der Waals surface area contributed by atoms with Gasteiger partial charge in [0, 0.05) is 32.2 Å². The third-order valence-electron chi connectivity index (χ3n) is 6.09. The Morgan fingerprint density at radius 1 is 1.00 bits per heavy atom. The van der Waals surface area contributed by atoms with E-state index in [-0.39, 0.29) is 30.9 Å². The van der Waals surface area contributed by atoms with Crippen molar-refractivity contribution in [3.63, 3.8) is 0 Å². The monoisotopic (exact) mass is 497 g/mol. The maximum absolute atomic E-state index is 10.3. The van der Waals surface area contributed by atoms with E-state index in [1.165, 1.54) is 11.1 Å². The fourth-order valence-corrected chi connectivity index (χ4v) is 4.24. The number of ether oxygens (including phenoxy) is 2. The summed E-state index contributed by atoms with van der Waals surface area (Å²) in [6.45, 7) is 7.75. The molecule has 8 heteroatoms. The molecule has 1 atom stereocenters. The van der Waals surface area contributed by atoms with Crippen molar-refractivity contribution >= 4 is 24.8 Å². The Morgan fingerprint density at radius 2 is 1.70 bits per heavy atom. The molecule has 0 saturated carbocycles. The van der Waals surface area contributed by atoms with Crippen LogP contribution in [0.15, 0.2) is 48.5 Å². The number of aliphatic hydroxyl groups is 1. The van der Waals surface area contributed by atoms with Crippen molar-refractivity contribution < 1.29 is 14.6 Å². The van der Waals surface area contributed by atoms with Gasteiger partial charge in [-0.25, -0.2) is 0 Å². The second kappa shape index (κ2) is 13.4. The van der Waals surface area contributed by atoms with Crippen LogP contribution in [0.1, 0.15) is 24.0 Å². The highest BCUT2D eigenvalue weighted by Crippen LogP contribution is 2.22. The molecule has 0 aromatic heterocycles. The highest BCUT2D eigenvalue weighted by Gasteiger charge is 2.28. The minimum atomic E-state index is -0.486. The molecule has 0 radical (unpaired) electrons. The molecule has 2 heterocycles. The maximum atomic E-state index is 10.3. The van der Waals surface area contributed by atoms with Crippen LogP contribution in [-0.2, 0) is 6.54 Å². The van der Waals surface area contributed by atoms with E-state index < -0.39 is 6.10 Å². The van der Waals surface area contributed by atoms with Crippen LogP contribution in [0.2, 0.25) is 0 Å². The van der Waals surface area contributed by atoms with Crippen molar-refractivity contribution in [3.8, 4) is 11.5 Å². The summed E-state index contributed by atoms with van der Waals surface area (Å²) in [4.78, 5) is 4.65. The number of hydrogen-bond acceptors (Lipinski definition) is 6. The summed E-state index contributed by atoms with van der Waals surface area (Å²) in [5.41, 5.74) is 8.42. The molecular formula is C25H37Cl2N3O3. The minimum absolute atomic E-state index is 0. The number of aryl methyl sites for hydroxylation is 1. The molecule has 33 heavy (non-hydrogen) atoms. The van der Waals surface area contributed by atoms with Gasteiger partial charge in [0.1, 0.15) is 30.3 Å². The van der Waals surface area contributed by atoms with Crippen LogP contribution in [0.4, 0.5) is 0 Å². The van der Waals surface area contributed by atoms with Gasteiger partial charge in [0.05, 0.1) is 0 Å². The van der Waals surface area contributed by atoms with Crippen LogP contribution in [-0.4, -0.2) is 72.5 Å². The van der Waals surface area contributed by atoms with Gasteiger partial charge in [-0.2, -0.15) is 0 Å². The second-order valence-electron chi connectivity index (χ2n) is 9.00. The fraction of sp³-hybridized carbons (Fsp3) is 0.520. The summed E-state index contributed by atoms with van der Waals surface area (Å²) in [5.74, 6) is 1.75. The quantitative estimate of drug-likeness (QED) is 0.553. The smallest absolute Gasteiger partial charge is 0.124 e. The number of nitrogens with zero attached hydrogens (tertiary/aromatic N) is 2. The molecule has 0 spiro atoms. The number of nitrogens with two attached hydrogens (primary N) is 1.